The zero-order valence-corrected chi connectivity index (χ0v) is 18.3. The fraction of sp³-hybridized carbons (Fsp3) is 0.185. The number of aliphatic hydroxyl groups is 1. The predicted octanol–water partition coefficient (Wildman–Crippen LogP) is 4.83. The molecule has 3 aromatic carbocycles. The number of hydrogen-bond donors (Lipinski definition) is 2. The molecule has 6 heteroatoms. The number of H-pyrrole nitrogens is 1. The fourth-order valence-corrected chi connectivity index (χ4v) is 4.06. The van der Waals surface area contributed by atoms with Crippen LogP contribution in [0.4, 0.5) is 5.82 Å². The second kappa shape index (κ2) is 9.81. The first-order chi connectivity index (χ1) is 16.3. The van der Waals surface area contributed by atoms with Crippen molar-refractivity contribution in [2.75, 3.05) is 18.1 Å². The van der Waals surface area contributed by atoms with Gasteiger partial charge in [-0.2, -0.15) is 0 Å². The molecule has 0 radical (unpaired) electrons. The Morgan fingerprint density at radius 1 is 0.788 bits per heavy atom. The molecule has 0 saturated carbocycles. The highest BCUT2D eigenvalue weighted by atomic mass is 16.5. The largest absolute Gasteiger partial charge is 0.394 e. The molecule has 6 nitrogen and oxygen atoms in total. The molecule has 2 heterocycles. The van der Waals surface area contributed by atoms with E-state index < -0.39 is 0 Å². The highest BCUT2D eigenvalue weighted by molar-refractivity contribution is 6.06. The Bertz CT molecular complexity index is 1290. The maximum atomic E-state index is 9.05. The third kappa shape index (κ3) is 4.72. The van der Waals surface area contributed by atoms with Crippen LogP contribution in [-0.4, -0.2) is 33.3 Å². The number of imidazole rings is 1. The van der Waals surface area contributed by atoms with Crippen LogP contribution in [0.1, 0.15) is 17.0 Å². The number of pyridine rings is 1. The minimum absolute atomic E-state index is 0.0160. The average molecular weight is 439 g/mol. The summed E-state index contributed by atoms with van der Waals surface area (Å²) in [6.45, 7) is 1.98. The smallest absolute Gasteiger partial charge is 0.158 e. The summed E-state index contributed by atoms with van der Waals surface area (Å²) in [4.78, 5) is 15.7. The average Bonchev–Trinajstić information content (AvgIpc) is 3.29. The molecule has 0 atom stereocenters. The van der Waals surface area contributed by atoms with Crippen LogP contribution < -0.4 is 4.90 Å². The SMILES string of the molecule is OCCOCc1nc2c(N(Cc3ccccc3)Cc3ccccc3)nc3ccccc3c2[nH]1. The number of hydrogen-bond acceptors (Lipinski definition) is 5. The third-order valence-electron chi connectivity index (χ3n) is 5.57. The van der Waals surface area contributed by atoms with E-state index in [9.17, 15) is 0 Å². The molecule has 0 fully saturated rings. The van der Waals surface area contributed by atoms with Crippen LogP contribution in [0.25, 0.3) is 21.9 Å². The van der Waals surface area contributed by atoms with Crippen molar-refractivity contribution < 1.29 is 9.84 Å². The Labute approximate surface area is 192 Å². The first-order valence-electron chi connectivity index (χ1n) is 11.1. The molecule has 5 rings (SSSR count). The first-order valence-corrected chi connectivity index (χ1v) is 11.1. The Morgan fingerprint density at radius 2 is 1.42 bits per heavy atom. The van der Waals surface area contributed by atoms with E-state index in [1.54, 1.807) is 0 Å². The minimum atomic E-state index is -0.0160. The van der Waals surface area contributed by atoms with Crippen LogP contribution in [0.3, 0.4) is 0 Å². The minimum Gasteiger partial charge on any atom is -0.394 e. The topological polar surface area (TPSA) is 74.3 Å². The van der Waals surface area contributed by atoms with E-state index in [0.717, 1.165) is 33.6 Å². The molecule has 166 valence electrons. The number of nitrogens with one attached hydrogen (secondary N) is 1. The van der Waals surface area contributed by atoms with Crippen molar-refractivity contribution in [2.45, 2.75) is 19.7 Å². The molecule has 0 aliphatic heterocycles. The lowest BCUT2D eigenvalue weighted by molar-refractivity contribution is 0.0782. The molecule has 33 heavy (non-hydrogen) atoms. The maximum Gasteiger partial charge on any atom is 0.158 e. The maximum absolute atomic E-state index is 9.05. The number of fused-ring (bicyclic) bond motifs is 3. The summed E-state index contributed by atoms with van der Waals surface area (Å²) in [7, 11) is 0. The van der Waals surface area contributed by atoms with Crippen molar-refractivity contribution in [3.63, 3.8) is 0 Å². The van der Waals surface area contributed by atoms with Gasteiger partial charge in [0.05, 0.1) is 24.2 Å². The van der Waals surface area contributed by atoms with Crippen molar-refractivity contribution in [1.29, 1.82) is 0 Å². The normalized spacial score (nSPS) is 11.3. The summed E-state index contributed by atoms with van der Waals surface area (Å²) in [5, 5.41) is 10.1. The van der Waals surface area contributed by atoms with Crippen LogP contribution in [0.5, 0.6) is 0 Å². The van der Waals surface area contributed by atoms with Gasteiger partial charge in [0.2, 0.25) is 0 Å². The Kier molecular flexibility index (Phi) is 6.28. The van der Waals surface area contributed by atoms with Gasteiger partial charge in [-0.15, -0.1) is 0 Å². The lowest BCUT2D eigenvalue weighted by Gasteiger charge is -2.25. The van der Waals surface area contributed by atoms with Crippen LogP contribution in [-0.2, 0) is 24.4 Å². The van der Waals surface area contributed by atoms with E-state index in [2.05, 4.69) is 64.5 Å². The second-order valence-corrected chi connectivity index (χ2v) is 7.96. The van der Waals surface area contributed by atoms with Crippen molar-refractivity contribution in [2.24, 2.45) is 0 Å². The summed E-state index contributed by atoms with van der Waals surface area (Å²) in [6.07, 6.45) is 0. The van der Waals surface area contributed by atoms with Gasteiger partial charge in [-0.1, -0.05) is 78.9 Å². The zero-order chi connectivity index (χ0) is 22.5. The van der Waals surface area contributed by atoms with Crippen molar-refractivity contribution in [1.82, 2.24) is 15.0 Å². The van der Waals surface area contributed by atoms with E-state index in [1.807, 2.05) is 30.3 Å². The standard InChI is InChI=1S/C27H26N4O2/c32-15-16-33-19-24-29-25-22-13-7-8-14-23(22)28-27(26(25)30-24)31(17-20-9-3-1-4-10-20)18-21-11-5-2-6-12-21/h1-14,32H,15-19H2,(H,29,30). The Morgan fingerprint density at radius 3 is 2.09 bits per heavy atom. The molecule has 0 aliphatic rings. The molecule has 0 aliphatic carbocycles. The van der Waals surface area contributed by atoms with Crippen molar-refractivity contribution >= 4 is 27.8 Å². The number of benzene rings is 3. The number of ether oxygens (including phenoxy) is 1. The number of aromatic nitrogens is 3. The molecule has 0 spiro atoms. The summed E-state index contributed by atoms with van der Waals surface area (Å²) in [5.74, 6) is 1.55. The second-order valence-electron chi connectivity index (χ2n) is 7.96. The van der Waals surface area contributed by atoms with Gasteiger partial charge in [-0.3, -0.25) is 0 Å². The lowest BCUT2D eigenvalue weighted by atomic mass is 10.1. The molecule has 0 unspecified atom stereocenters. The van der Waals surface area contributed by atoms with E-state index in [0.29, 0.717) is 19.7 Å². The van der Waals surface area contributed by atoms with Crippen LogP contribution in [0, 0.1) is 0 Å². The predicted molar refractivity (Wildman–Crippen MR) is 131 cm³/mol. The van der Waals surface area contributed by atoms with E-state index in [-0.39, 0.29) is 13.2 Å². The van der Waals surface area contributed by atoms with E-state index in [4.69, 9.17) is 19.8 Å². The summed E-state index contributed by atoms with van der Waals surface area (Å²) in [6, 6.07) is 28.9. The van der Waals surface area contributed by atoms with Crippen molar-refractivity contribution in [3.8, 4) is 0 Å². The van der Waals surface area contributed by atoms with Crippen LogP contribution in [0.15, 0.2) is 84.9 Å². The van der Waals surface area contributed by atoms with Gasteiger partial charge >= 0.3 is 0 Å². The van der Waals surface area contributed by atoms with Gasteiger partial charge in [0, 0.05) is 18.5 Å². The summed E-state index contributed by atoms with van der Waals surface area (Å²) >= 11 is 0. The fourth-order valence-electron chi connectivity index (χ4n) is 4.06. The van der Waals surface area contributed by atoms with Crippen LogP contribution >= 0.6 is 0 Å². The van der Waals surface area contributed by atoms with E-state index in [1.165, 1.54) is 11.1 Å². The number of rotatable bonds is 9. The lowest BCUT2D eigenvalue weighted by Crippen LogP contribution is -2.23. The number of aromatic amines is 1. The number of aliphatic hydroxyl groups excluding tert-OH is 1. The number of para-hydroxylation sites is 1. The molecule has 2 aromatic heterocycles. The van der Waals surface area contributed by atoms with Gasteiger partial charge in [0.15, 0.2) is 5.82 Å². The molecule has 0 bridgehead atoms. The van der Waals surface area contributed by atoms with Gasteiger partial charge in [0.25, 0.3) is 0 Å². The molecule has 2 N–H and O–H groups in total. The monoisotopic (exact) mass is 438 g/mol. The molecular weight excluding hydrogens is 412 g/mol. The van der Waals surface area contributed by atoms with Gasteiger partial charge < -0.3 is 19.7 Å². The van der Waals surface area contributed by atoms with Gasteiger partial charge in [0.1, 0.15) is 17.9 Å². The van der Waals surface area contributed by atoms with Crippen molar-refractivity contribution in [3.05, 3.63) is 102 Å². The van der Waals surface area contributed by atoms with Gasteiger partial charge in [-0.25, -0.2) is 9.97 Å². The zero-order valence-electron chi connectivity index (χ0n) is 18.3. The molecule has 0 amide bonds. The summed E-state index contributed by atoms with van der Waals surface area (Å²) in [5.41, 5.74) is 5.10. The quantitative estimate of drug-likeness (QED) is 0.323. The number of nitrogens with zero attached hydrogens (tertiary/aromatic N) is 3. The summed E-state index contributed by atoms with van der Waals surface area (Å²) < 4.78 is 5.52. The Hall–Kier alpha value is -3.74. The molecular formula is C27H26N4O2. The van der Waals surface area contributed by atoms with Gasteiger partial charge in [-0.05, 0) is 17.2 Å². The molecule has 0 saturated heterocycles. The Balaban J connectivity index is 1.63. The number of anilines is 1. The highest BCUT2D eigenvalue weighted by Gasteiger charge is 2.19. The van der Waals surface area contributed by atoms with Crippen LogP contribution in [0.2, 0.25) is 0 Å². The third-order valence-corrected chi connectivity index (χ3v) is 5.57. The molecule has 5 aromatic rings. The highest BCUT2D eigenvalue weighted by Crippen LogP contribution is 2.31. The van der Waals surface area contributed by atoms with E-state index >= 15 is 0 Å². The first kappa shape index (κ1) is 21.1.